The van der Waals surface area contributed by atoms with Crippen LogP contribution in [0.2, 0.25) is 5.02 Å². The highest BCUT2D eigenvalue weighted by atomic mass is 35.5. The maximum absolute atomic E-state index is 13.3. The maximum Gasteiger partial charge on any atom is 0.301 e. The number of thioether (sulfide) groups is 1. The number of hydrogen-bond acceptors (Lipinski definition) is 9. The van der Waals surface area contributed by atoms with E-state index in [2.05, 4.69) is 15.2 Å². The van der Waals surface area contributed by atoms with Gasteiger partial charge in [-0.25, -0.2) is 0 Å². The molecular weight excluding hydrogens is 532 g/mol. The zero-order valence-corrected chi connectivity index (χ0v) is 21.8. The van der Waals surface area contributed by atoms with E-state index in [1.807, 2.05) is 24.3 Å². The summed E-state index contributed by atoms with van der Waals surface area (Å²) in [6, 6.07) is 16.6. The van der Waals surface area contributed by atoms with Crippen molar-refractivity contribution in [1.29, 1.82) is 0 Å². The van der Waals surface area contributed by atoms with Crippen LogP contribution in [0.25, 0.3) is 5.76 Å². The predicted molar refractivity (Wildman–Crippen MR) is 143 cm³/mol. The average Bonchev–Trinajstić information content (AvgIpc) is 3.50. The summed E-state index contributed by atoms with van der Waals surface area (Å²) >= 11 is 8.87. The first-order chi connectivity index (χ1) is 18.0. The quantitative estimate of drug-likeness (QED) is 0.105. The minimum Gasteiger partial charge on any atom is -0.507 e. The molecule has 37 heavy (non-hydrogen) atoms. The molecule has 1 aliphatic rings. The third kappa shape index (κ3) is 4.95. The van der Waals surface area contributed by atoms with Gasteiger partial charge in [0.25, 0.3) is 5.78 Å². The summed E-state index contributed by atoms with van der Waals surface area (Å²) in [5.74, 6) is -0.731. The fourth-order valence-electron chi connectivity index (χ4n) is 3.91. The van der Waals surface area contributed by atoms with E-state index in [0.717, 1.165) is 5.56 Å². The Morgan fingerprint density at radius 3 is 2.51 bits per heavy atom. The molecule has 0 radical (unpaired) electrons. The Bertz CT molecular complexity index is 1490. The Balaban J connectivity index is 1.52. The van der Waals surface area contributed by atoms with Crippen molar-refractivity contribution in [3.63, 3.8) is 0 Å². The second-order valence-electron chi connectivity index (χ2n) is 7.91. The Kier molecular flexibility index (Phi) is 7.22. The number of aromatic nitrogens is 3. The van der Waals surface area contributed by atoms with Crippen LogP contribution in [0.5, 0.6) is 5.75 Å². The van der Waals surface area contributed by atoms with Crippen molar-refractivity contribution in [3.05, 3.63) is 100 Å². The van der Waals surface area contributed by atoms with Gasteiger partial charge in [-0.15, -0.1) is 10.2 Å². The van der Waals surface area contributed by atoms with Crippen LogP contribution in [0.3, 0.4) is 0 Å². The second-order valence-corrected chi connectivity index (χ2v) is 10.5. The summed E-state index contributed by atoms with van der Waals surface area (Å²) in [4.78, 5) is 31.9. The number of ether oxygens (including phenoxy) is 1. The highest BCUT2D eigenvalue weighted by molar-refractivity contribution is 8.00. The molecule has 1 unspecified atom stereocenters. The van der Waals surface area contributed by atoms with Gasteiger partial charge in [0.1, 0.15) is 11.5 Å². The van der Waals surface area contributed by atoms with E-state index in [0.29, 0.717) is 32.0 Å². The third-order valence-electron chi connectivity index (χ3n) is 5.74. The lowest BCUT2D eigenvalue weighted by Gasteiger charge is -2.22. The maximum atomic E-state index is 13.3. The molecule has 1 fully saturated rings. The second kappa shape index (κ2) is 10.7. The number of hydrogen-bond donors (Lipinski definition) is 1. The number of ketones is 1. The van der Waals surface area contributed by atoms with E-state index in [1.165, 1.54) is 35.1 Å². The van der Waals surface area contributed by atoms with Crippen molar-refractivity contribution < 1.29 is 19.4 Å². The zero-order valence-electron chi connectivity index (χ0n) is 19.4. The smallest absolute Gasteiger partial charge is 0.301 e. The number of benzene rings is 2. The number of nitrogens with zero attached hydrogens (tertiary/aromatic N) is 4. The van der Waals surface area contributed by atoms with Gasteiger partial charge in [-0.05, 0) is 53.6 Å². The number of methoxy groups -OCH3 is 1. The molecule has 0 saturated carbocycles. The molecule has 8 nitrogen and oxygen atoms in total. The minimum atomic E-state index is -0.903. The Morgan fingerprint density at radius 1 is 1.08 bits per heavy atom. The van der Waals surface area contributed by atoms with E-state index < -0.39 is 17.7 Å². The van der Waals surface area contributed by atoms with Crippen molar-refractivity contribution in [2.75, 3.05) is 12.0 Å². The average molecular weight is 551 g/mol. The lowest BCUT2D eigenvalue weighted by atomic mass is 9.96. The van der Waals surface area contributed by atoms with Crippen LogP contribution in [0.1, 0.15) is 22.7 Å². The van der Waals surface area contributed by atoms with E-state index in [9.17, 15) is 14.7 Å². The first-order valence-corrected chi connectivity index (χ1v) is 13.2. The Morgan fingerprint density at radius 2 is 1.81 bits per heavy atom. The van der Waals surface area contributed by atoms with Crippen molar-refractivity contribution in [2.45, 2.75) is 16.1 Å². The summed E-state index contributed by atoms with van der Waals surface area (Å²) in [7, 11) is 1.53. The van der Waals surface area contributed by atoms with Crippen molar-refractivity contribution in [3.8, 4) is 5.75 Å². The van der Waals surface area contributed by atoms with Crippen LogP contribution in [0.15, 0.2) is 83.0 Å². The number of rotatable bonds is 7. The molecule has 1 aliphatic heterocycles. The van der Waals surface area contributed by atoms with Gasteiger partial charge >= 0.3 is 5.91 Å². The molecule has 186 valence electrons. The van der Waals surface area contributed by atoms with Gasteiger partial charge in [0.05, 0.1) is 18.7 Å². The summed E-state index contributed by atoms with van der Waals surface area (Å²) in [6.07, 6.45) is 3.13. The Hall–Kier alpha value is -3.73. The van der Waals surface area contributed by atoms with Gasteiger partial charge in [-0.1, -0.05) is 52.9 Å². The first kappa shape index (κ1) is 24.9. The van der Waals surface area contributed by atoms with Crippen LogP contribution in [-0.4, -0.2) is 39.1 Å². The normalized spacial score (nSPS) is 16.8. The number of Topliss-reactive ketones (excluding diaryl/α,β-unsaturated/α-hetero) is 1. The topological polar surface area (TPSA) is 106 Å². The molecule has 1 amide bonds. The number of amides is 1. The summed E-state index contributed by atoms with van der Waals surface area (Å²) in [5.41, 5.74) is 1.89. The largest absolute Gasteiger partial charge is 0.507 e. The van der Waals surface area contributed by atoms with Gasteiger partial charge in [0, 0.05) is 28.7 Å². The van der Waals surface area contributed by atoms with Crippen molar-refractivity contribution in [1.82, 2.24) is 15.2 Å². The molecular formula is C26H19ClN4O4S2. The molecule has 0 bridgehead atoms. The van der Waals surface area contributed by atoms with Gasteiger partial charge in [-0.2, -0.15) is 0 Å². The number of aliphatic hydroxyl groups is 1. The molecule has 1 atom stereocenters. The molecule has 0 aliphatic carbocycles. The molecule has 0 spiro atoms. The van der Waals surface area contributed by atoms with Crippen LogP contribution in [0.4, 0.5) is 5.13 Å². The molecule has 1 N–H and O–H groups in total. The van der Waals surface area contributed by atoms with E-state index >= 15 is 0 Å². The molecule has 1 saturated heterocycles. The number of carbonyl (C=O) groups excluding carboxylic acids is 2. The zero-order chi connectivity index (χ0) is 25.9. The van der Waals surface area contributed by atoms with Crippen LogP contribution in [0, 0.1) is 0 Å². The number of carbonyl (C=O) groups is 2. The summed E-state index contributed by atoms with van der Waals surface area (Å²) in [6.45, 7) is 0. The fraction of sp³-hybridized carbons (Fsp3) is 0.115. The highest BCUT2D eigenvalue weighted by Gasteiger charge is 2.48. The van der Waals surface area contributed by atoms with Crippen molar-refractivity contribution in [2.24, 2.45) is 0 Å². The molecule has 5 rings (SSSR count). The Labute approximate surface area is 225 Å². The SMILES string of the molecule is COc1ccc(/C(O)=C2\C(=O)C(=O)N(c3nnc(SCc4ccccc4Cl)s3)C2c2ccncc2)cc1. The van der Waals surface area contributed by atoms with Crippen molar-refractivity contribution >= 4 is 57.3 Å². The van der Waals surface area contributed by atoms with Crippen LogP contribution >= 0.6 is 34.7 Å². The summed E-state index contributed by atoms with van der Waals surface area (Å²) in [5, 5.41) is 20.5. The number of halogens is 1. The molecule has 2 aromatic heterocycles. The van der Waals surface area contributed by atoms with Gasteiger partial charge in [0.15, 0.2) is 4.34 Å². The van der Waals surface area contributed by atoms with Gasteiger partial charge < -0.3 is 9.84 Å². The highest BCUT2D eigenvalue weighted by Crippen LogP contribution is 2.44. The lowest BCUT2D eigenvalue weighted by Crippen LogP contribution is -2.29. The lowest BCUT2D eigenvalue weighted by molar-refractivity contribution is -0.132. The first-order valence-electron chi connectivity index (χ1n) is 11.0. The minimum absolute atomic E-state index is 0.0400. The van der Waals surface area contributed by atoms with Crippen LogP contribution in [-0.2, 0) is 15.3 Å². The number of aliphatic hydroxyl groups excluding tert-OH is 1. The number of pyridine rings is 1. The van der Waals surface area contributed by atoms with E-state index in [-0.39, 0.29) is 16.5 Å². The van der Waals surface area contributed by atoms with E-state index in [4.69, 9.17) is 16.3 Å². The monoisotopic (exact) mass is 550 g/mol. The predicted octanol–water partition coefficient (Wildman–Crippen LogP) is 5.51. The molecule has 11 heteroatoms. The van der Waals surface area contributed by atoms with E-state index in [1.54, 1.807) is 48.8 Å². The molecule has 2 aromatic carbocycles. The van der Waals surface area contributed by atoms with Gasteiger partial charge in [-0.3, -0.25) is 19.5 Å². The van der Waals surface area contributed by atoms with Gasteiger partial charge in [0.2, 0.25) is 5.13 Å². The van der Waals surface area contributed by atoms with Crippen LogP contribution < -0.4 is 9.64 Å². The number of anilines is 1. The summed E-state index contributed by atoms with van der Waals surface area (Å²) < 4.78 is 5.79. The standard InChI is InChI=1S/C26H19ClN4O4S2/c1-35-18-8-6-16(7-9-18)22(32)20-21(15-10-12-28-13-11-15)31(24(34)23(20)33)25-29-30-26(37-25)36-14-17-4-2-3-5-19(17)27/h2-13,21,32H,14H2,1H3/b22-20+. The molecule has 3 heterocycles. The fourth-order valence-corrected chi connectivity index (χ4v) is 6.06. The molecule has 4 aromatic rings. The third-order valence-corrected chi connectivity index (χ3v) is 8.21.